The molecule has 5 heterocycles. The highest BCUT2D eigenvalue weighted by Crippen LogP contribution is 2.44. The van der Waals surface area contributed by atoms with E-state index in [0.717, 1.165) is 23.4 Å². The molecule has 32 heavy (non-hydrogen) atoms. The quantitative estimate of drug-likeness (QED) is 0.536. The summed E-state index contributed by atoms with van der Waals surface area (Å²) < 4.78 is 28.2. The lowest BCUT2D eigenvalue weighted by atomic mass is 9.90. The third kappa shape index (κ3) is 4.24. The summed E-state index contributed by atoms with van der Waals surface area (Å²) in [6.07, 6.45) is 4.46. The van der Waals surface area contributed by atoms with Gasteiger partial charge in [-0.25, -0.2) is 13.4 Å². The van der Waals surface area contributed by atoms with Crippen molar-refractivity contribution in [2.75, 3.05) is 11.6 Å². The Morgan fingerprint density at radius 2 is 2.03 bits per heavy atom. The van der Waals surface area contributed by atoms with E-state index < -0.39 is 10.0 Å². The Morgan fingerprint density at radius 1 is 1.28 bits per heavy atom. The van der Waals surface area contributed by atoms with Crippen LogP contribution in [0.25, 0.3) is 0 Å². The number of sulfonamides is 1. The first-order valence-electron chi connectivity index (χ1n) is 10.3. The molecule has 2 aliphatic rings. The molecule has 0 radical (unpaired) electrons. The lowest BCUT2D eigenvalue weighted by molar-refractivity contribution is 0.0942. The van der Waals surface area contributed by atoms with Gasteiger partial charge in [-0.05, 0) is 37.8 Å². The van der Waals surface area contributed by atoms with Crippen molar-refractivity contribution in [3.8, 4) is 0 Å². The highest BCUT2D eigenvalue weighted by Gasteiger charge is 2.46. The van der Waals surface area contributed by atoms with Crippen molar-refractivity contribution < 1.29 is 13.2 Å². The molecule has 8 nitrogen and oxygen atoms in total. The Balaban J connectivity index is 1.42. The number of anilines is 1. The molecule has 0 aromatic carbocycles. The second-order valence-electron chi connectivity index (χ2n) is 8.25. The van der Waals surface area contributed by atoms with Gasteiger partial charge < -0.3 is 5.32 Å². The molecule has 12 heteroatoms. The molecule has 0 aliphatic carbocycles. The van der Waals surface area contributed by atoms with Crippen molar-refractivity contribution in [3.05, 3.63) is 49.7 Å². The number of carbonyl (C=O) groups is 1. The first-order valence-corrected chi connectivity index (χ1v) is 14.3. The summed E-state index contributed by atoms with van der Waals surface area (Å²) >= 11 is 8.88. The number of hydrogen-bond donors (Lipinski definition) is 1. The van der Waals surface area contributed by atoms with Crippen molar-refractivity contribution in [2.24, 2.45) is 0 Å². The second-order valence-corrected chi connectivity index (χ2v) is 12.7. The van der Waals surface area contributed by atoms with Gasteiger partial charge in [-0.1, -0.05) is 11.6 Å². The Morgan fingerprint density at radius 3 is 2.62 bits per heavy atom. The zero-order chi connectivity index (χ0) is 22.5. The minimum atomic E-state index is -3.23. The summed E-state index contributed by atoms with van der Waals surface area (Å²) in [6, 6.07) is 5.70. The van der Waals surface area contributed by atoms with Crippen molar-refractivity contribution in [1.82, 2.24) is 19.1 Å². The van der Waals surface area contributed by atoms with Crippen LogP contribution in [0.4, 0.5) is 5.82 Å². The number of piperidine rings is 1. The number of nitrogens with one attached hydrogen (secondary N) is 1. The van der Waals surface area contributed by atoms with Crippen LogP contribution in [0.15, 0.2) is 29.1 Å². The lowest BCUT2D eigenvalue weighted by Gasteiger charge is -2.36. The fourth-order valence-electron chi connectivity index (χ4n) is 4.85. The van der Waals surface area contributed by atoms with E-state index >= 15 is 0 Å². The van der Waals surface area contributed by atoms with Crippen molar-refractivity contribution in [1.29, 1.82) is 0 Å². The van der Waals surface area contributed by atoms with Crippen molar-refractivity contribution in [3.63, 3.8) is 0 Å². The molecule has 3 aromatic heterocycles. The predicted molar refractivity (Wildman–Crippen MR) is 126 cm³/mol. The number of hydrogen-bond acceptors (Lipinski definition) is 8. The third-order valence-corrected chi connectivity index (χ3v) is 9.29. The number of fused-ring (bicyclic) bond motifs is 2. The summed E-state index contributed by atoms with van der Waals surface area (Å²) in [5.74, 6) is 0.410. The lowest BCUT2D eigenvalue weighted by Crippen LogP contribution is -2.45. The molecule has 0 saturated carbocycles. The Bertz CT molecular complexity index is 1220. The van der Waals surface area contributed by atoms with Crippen LogP contribution in [0.1, 0.15) is 52.7 Å². The van der Waals surface area contributed by atoms with Gasteiger partial charge in [0, 0.05) is 34.3 Å². The molecule has 2 fully saturated rings. The summed E-state index contributed by atoms with van der Waals surface area (Å²) in [5, 5.41) is 9.69. The third-order valence-electron chi connectivity index (χ3n) is 6.11. The zero-order valence-electron chi connectivity index (χ0n) is 17.3. The van der Waals surface area contributed by atoms with E-state index in [1.54, 1.807) is 15.2 Å². The van der Waals surface area contributed by atoms with Crippen molar-refractivity contribution in [2.45, 2.75) is 50.2 Å². The van der Waals surface area contributed by atoms with E-state index in [0.29, 0.717) is 35.2 Å². The molecular formula is C20H22ClN5O3S3. The first-order chi connectivity index (χ1) is 15.3. The number of halogens is 1. The van der Waals surface area contributed by atoms with Crippen LogP contribution in [0.5, 0.6) is 0 Å². The molecule has 2 aliphatic heterocycles. The van der Waals surface area contributed by atoms with Crippen LogP contribution in [-0.2, 0) is 16.6 Å². The highest BCUT2D eigenvalue weighted by molar-refractivity contribution is 7.88. The molecule has 3 aromatic rings. The Kier molecular flexibility index (Phi) is 5.87. The molecule has 0 amide bonds. The van der Waals surface area contributed by atoms with Crippen LogP contribution >= 0.6 is 34.3 Å². The summed E-state index contributed by atoms with van der Waals surface area (Å²) in [4.78, 5) is 18.2. The fourth-order valence-corrected chi connectivity index (χ4v) is 7.87. The van der Waals surface area contributed by atoms with Crippen molar-refractivity contribution >= 4 is 56.0 Å². The maximum Gasteiger partial charge on any atom is 0.299 e. The summed E-state index contributed by atoms with van der Waals surface area (Å²) in [5.41, 5.74) is 2.78. The van der Waals surface area contributed by atoms with Crippen LogP contribution < -0.4 is 5.32 Å². The van der Waals surface area contributed by atoms with Gasteiger partial charge in [-0.3, -0.25) is 4.79 Å². The second kappa shape index (κ2) is 8.53. The van der Waals surface area contributed by atoms with E-state index in [-0.39, 0.29) is 23.9 Å². The van der Waals surface area contributed by atoms with E-state index in [9.17, 15) is 13.2 Å². The average Bonchev–Trinajstić information content (AvgIpc) is 3.52. The predicted octanol–water partition coefficient (Wildman–Crippen LogP) is 4.03. The van der Waals surface area contributed by atoms with Gasteiger partial charge in [0.1, 0.15) is 11.5 Å². The molecule has 0 spiro atoms. The van der Waals surface area contributed by atoms with Gasteiger partial charge in [0.05, 0.1) is 28.3 Å². The number of carbonyl (C=O) groups excluding carboxylic acids is 1. The summed E-state index contributed by atoms with van der Waals surface area (Å²) in [6.45, 7) is 0.518. The number of aromatic nitrogens is 3. The molecule has 2 unspecified atom stereocenters. The van der Waals surface area contributed by atoms with Gasteiger partial charge in [-0.15, -0.1) is 22.7 Å². The van der Waals surface area contributed by atoms with E-state index in [1.165, 1.54) is 33.6 Å². The monoisotopic (exact) mass is 511 g/mol. The Labute approximate surface area is 199 Å². The molecule has 2 bridgehead atoms. The van der Waals surface area contributed by atoms with Crippen LogP contribution in [0.2, 0.25) is 4.34 Å². The summed E-state index contributed by atoms with van der Waals surface area (Å²) in [7, 11) is -3.23. The van der Waals surface area contributed by atoms with E-state index in [4.69, 9.17) is 11.6 Å². The average molecular weight is 512 g/mol. The maximum atomic E-state index is 13.1. The van der Waals surface area contributed by atoms with Gasteiger partial charge in [-0.2, -0.15) is 14.1 Å². The molecule has 2 saturated heterocycles. The standard InChI is InChI=1S/C20H22ClN5O3S3/c1-32(28,29)26-13-2-3-14(26)7-12(6-13)16-8-19(22-9-15-4-5-18(21)31-15)25(24-16)20(27)17-10-30-11-23-17/h4-5,8,10-14,22H,2-3,6-7,9H2,1H3. The zero-order valence-corrected chi connectivity index (χ0v) is 20.5. The normalized spacial score (nSPS) is 23.5. The number of thiazole rings is 1. The topological polar surface area (TPSA) is 97.2 Å². The molecular weight excluding hydrogens is 490 g/mol. The molecule has 5 rings (SSSR count). The highest BCUT2D eigenvalue weighted by atomic mass is 35.5. The molecule has 2 atom stereocenters. The number of nitrogens with zero attached hydrogens (tertiary/aromatic N) is 4. The van der Waals surface area contributed by atoms with Gasteiger partial charge in [0.15, 0.2) is 0 Å². The molecule has 170 valence electrons. The fraction of sp³-hybridized carbons (Fsp3) is 0.450. The first kappa shape index (κ1) is 22.0. The minimum Gasteiger partial charge on any atom is -0.365 e. The van der Waals surface area contributed by atoms with Crippen LogP contribution in [-0.4, -0.2) is 51.7 Å². The Hall–Kier alpha value is -1.79. The maximum absolute atomic E-state index is 13.1. The van der Waals surface area contributed by atoms with E-state index in [2.05, 4.69) is 15.4 Å². The van der Waals surface area contributed by atoms with Gasteiger partial charge >= 0.3 is 0 Å². The van der Waals surface area contributed by atoms with E-state index in [1.807, 2.05) is 18.2 Å². The van der Waals surface area contributed by atoms with Crippen LogP contribution in [0, 0.1) is 0 Å². The van der Waals surface area contributed by atoms with Gasteiger partial charge in [0.25, 0.3) is 5.91 Å². The SMILES string of the molecule is CS(=O)(=O)N1C2CCC1CC(c1cc(NCc3ccc(Cl)s3)n(C(=O)c3cscn3)n1)C2. The van der Waals surface area contributed by atoms with Crippen LogP contribution in [0.3, 0.4) is 0 Å². The minimum absolute atomic E-state index is 0.00203. The largest absolute Gasteiger partial charge is 0.365 e. The number of rotatable bonds is 6. The van der Waals surface area contributed by atoms with Gasteiger partial charge in [0.2, 0.25) is 10.0 Å². The smallest absolute Gasteiger partial charge is 0.299 e. The molecule has 1 N–H and O–H groups in total. The number of thiophene rings is 1.